The Morgan fingerprint density at radius 1 is 1.28 bits per heavy atom. The molecule has 0 saturated heterocycles. The molecule has 0 aromatic rings. The Hall–Kier alpha value is -0.960. The van der Waals surface area contributed by atoms with Gasteiger partial charge in [-0.2, -0.15) is 22.0 Å². The summed E-state index contributed by atoms with van der Waals surface area (Å²) < 4.78 is 61.8. The molecule has 0 radical (unpaired) electrons. The second kappa shape index (κ2) is 5.79. The number of aliphatic hydroxyl groups excluding tert-OH is 1. The largest absolute Gasteiger partial charge is 0.405 e. The topological polar surface area (TPSA) is 75.3 Å². The molecule has 4 N–H and O–H groups in total. The van der Waals surface area contributed by atoms with E-state index in [0.717, 1.165) is 5.32 Å². The van der Waals surface area contributed by atoms with Crippen LogP contribution in [0.25, 0.3) is 0 Å². The van der Waals surface area contributed by atoms with Gasteiger partial charge in [0.15, 0.2) is 0 Å². The molecule has 0 heterocycles. The summed E-state index contributed by atoms with van der Waals surface area (Å²) in [6, 6.07) is -1.43. The molecule has 0 aliphatic carbocycles. The number of amides is 1. The first-order chi connectivity index (χ1) is 7.89. The van der Waals surface area contributed by atoms with Crippen molar-refractivity contribution in [2.24, 2.45) is 11.7 Å². The molecule has 0 aromatic heterocycles. The van der Waals surface area contributed by atoms with Crippen LogP contribution in [-0.4, -0.2) is 41.8 Å². The lowest BCUT2D eigenvalue weighted by Gasteiger charge is -2.28. The average molecular weight is 278 g/mol. The molecule has 18 heavy (non-hydrogen) atoms. The number of hydrogen-bond donors (Lipinski definition) is 3. The summed E-state index contributed by atoms with van der Waals surface area (Å²) in [6.45, 7) is 0.959. The minimum Gasteiger partial charge on any atom is -0.385 e. The van der Waals surface area contributed by atoms with Gasteiger partial charge in [0.25, 0.3) is 5.91 Å². The van der Waals surface area contributed by atoms with Crippen molar-refractivity contribution in [3.63, 3.8) is 0 Å². The third-order valence-corrected chi connectivity index (χ3v) is 2.26. The van der Waals surface area contributed by atoms with E-state index in [9.17, 15) is 31.9 Å². The number of nitrogens with one attached hydrogen (secondary N) is 1. The predicted molar refractivity (Wildman–Crippen MR) is 52.8 cm³/mol. The third-order valence-electron chi connectivity index (χ3n) is 2.26. The van der Waals surface area contributed by atoms with Crippen LogP contribution in [0.3, 0.4) is 0 Å². The zero-order chi connectivity index (χ0) is 14.7. The molecule has 0 rings (SSSR count). The van der Waals surface area contributed by atoms with Crippen LogP contribution in [0, 0.1) is 5.92 Å². The van der Waals surface area contributed by atoms with Gasteiger partial charge < -0.3 is 16.2 Å². The molecule has 0 bridgehead atoms. The summed E-state index contributed by atoms with van der Waals surface area (Å²) in [5.74, 6) is -7.15. The van der Waals surface area contributed by atoms with Crippen LogP contribution in [0.2, 0.25) is 0 Å². The van der Waals surface area contributed by atoms with Crippen molar-refractivity contribution in [1.29, 1.82) is 0 Å². The molecular weight excluding hydrogens is 263 g/mol. The van der Waals surface area contributed by atoms with Gasteiger partial charge in [0, 0.05) is 6.04 Å². The van der Waals surface area contributed by atoms with Crippen molar-refractivity contribution in [2.75, 3.05) is 6.54 Å². The smallest absolute Gasteiger partial charge is 0.385 e. The van der Waals surface area contributed by atoms with Crippen LogP contribution < -0.4 is 11.1 Å². The lowest BCUT2D eigenvalue weighted by Crippen LogP contribution is -2.57. The molecule has 2 unspecified atom stereocenters. The zero-order valence-electron chi connectivity index (χ0n) is 9.76. The molecule has 108 valence electrons. The summed E-state index contributed by atoms with van der Waals surface area (Å²) in [6.07, 6.45) is -7.36. The minimum absolute atomic E-state index is 0.568. The Morgan fingerprint density at radius 3 is 2.06 bits per heavy atom. The summed E-state index contributed by atoms with van der Waals surface area (Å²) in [4.78, 5) is 10.9. The van der Waals surface area contributed by atoms with Gasteiger partial charge in [-0.15, -0.1) is 0 Å². The quantitative estimate of drug-likeness (QED) is 0.646. The number of aliphatic hydroxyl groups is 1. The molecule has 0 spiro atoms. The van der Waals surface area contributed by atoms with Crippen LogP contribution >= 0.6 is 0 Å². The van der Waals surface area contributed by atoms with Crippen molar-refractivity contribution in [1.82, 2.24) is 5.32 Å². The maximum Gasteiger partial charge on any atom is 0.405 e. The van der Waals surface area contributed by atoms with Crippen molar-refractivity contribution in [3.05, 3.63) is 0 Å². The number of halogens is 5. The standard InChI is InChI=1S/C9H15F5N2O2/c1-4(2)5(15)6(17)9(13,14)7(18)16-3-8(10,11)12/h4-6,17H,3,15H2,1-2H3,(H,16,18). The highest BCUT2D eigenvalue weighted by Gasteiger charge is 2.50. The van der Waals surface area contributed by atoms with Crippen molar-refractivity contribution < 1.29 is 31.9 Å². The number of rotatable bonds is 5. The van der Waals surface area contributed by atoms with E-state index >= 15 is 0 Å². The molecule has 4 nitrogen and oxygen atoms in total. The van der Waals surface area contributed by atoms with Crippen molar-refractivity contribution in [3.8, 4) is 0 Å². The van der Waals surface area contributed by atoms with E-state index in [4.69, 9.17) is 5.73 Å². The Labute approximate surface area is 100 Å². The van der Waals surface area contributed by atoms with Gasteiger partial charge in [0.1, 0.15) is 12.6 Å². The van der Waals surface area contributed by atoms with Gasteiger partial charge >= 0.3 is 12.1 Å². The molecule has 2 atom stereocenters. The Morgan fingerprint density at radius 2 is 1.72 bits per heavy atom. The van der Waals surface area contributed by atoms with E-state index in [1.807, 2.05) is 0 Å². The number of hydrogen-bond acceptors (Lipinski definition) is 3. The fourth-order valence-corrected chi connectivity index (χ4v) is 1.04. The van der Waals surface area contributed by atoms with E-state index in [2.05, 4.69) is 0 Å². The van der Waals surface area contributed by atoms with Gasteiger partial charge in [-0.05, 0) is 5.92 Å². The SMILES string of the molecule is CC(C)C(N)C(O)C(F)(F)C(=O)NCC(F)(F)F. The molecule has 0 saturated carbocycles. The van der Waals surface area contributed by atoms with Gasteiger partial charge in [-0.3, -0.25) is 4.79 Å². The van der Waals surface area contributed by atoms with Gasteiger partial charge in [-0.25, -0.2) is 0 Å². The van der Waals surface area contributed by atoms with Crippen LogP contribution in [0.1, 0.15) is 13.8 Å². The van der Waals surface area contributed by atoms with Crippen LogP contribution in [0.4, 0.5) is 22.0 Å². The number of nitrogens with two attached hydrogens (primary N) is 1. The average Bonchev–Trinajstić information content (AvgIpc) is 2.22. The summed E-state index contributed by atoms with van der Waals surface area (Å²) in [7, 11) is 0. The highest BCUT2D eigenvalue weighted by atomic mass is 19.4. The summed E-state index contributed by atoms with van der Waals surface area (Å²) in [5.41, 5.74) is 5.23. The van der Waals surface area contributed by atoms with E-state index in [1.165, 1.54) is 13.8 Å². The Bertz CT molecular complexity index is 293. The second-order valence-electron chi connectivity index (χ2n) is 4.19. The zero-order valence-corrected chi connectivity index (χ0v) is 9.76. The second-order valence-corrected chi connectivity index (χ2v) is 4.19. The number of carbonyl (C=O) groups excluding carboxylic acids is 1. The van der Waals surface area contributed by atoms with Crippen LogP contribution in [0.15, 0.2) is 0 Å². The minimum atomic E-state index is -4.81. The Balaban J connectivity index is 4.66. The van der Waals surface area contributed by atoms with Crippen molar-refractivity contribution in [2.45, 2.75) is 38.1 Å². The third kappa shape index (κ3) is 4.73. The molecular formula is C9H15F5N2O2. The first kappa shape index (κ1) is 17.0. The van der Waals surface area contributed by atoms with Gasteiger partial charge in [-0.1, -0.05) is 13.8 Å². The normalized spacial score (nSPS) is 16.6. The van der Waals surface area contributed by atoms with Crippen LogP contribution in [0.5, 0.6) is 0 Å². The maximum atomic E-state index is 13.3. The van der Waals surface area contributed by atoms with Crippen molar-refractivity contribution >= 4 is 5.91 Å². The molecule has 0 aromatic carbocycles. The van der Waals surface area contributed by atoms with E-state index in [1.54, 1.807) is 0 Å². The number of carbonyl (C=O) groups is 1. The predicted octanol–water partition coefficient (Wildman–Crippen LogP) is 0.644. The highest BCUT2D eigenvalue weighted by Crippen LogP contribution is 2.24. The maximum absolute atomic E-state index is 13.3. The molecule has 9 heteroatoms. The van der Waals surface area contributed by atoms with E-state index in [0.29, 0.717) is 0 Å². The first-order valence-electron chi connectivity index (χ1n) is 5.06. The lowest BCUT2D eigenvalue weighted by atomic mass is 9.95. The van der Waals surface area contributed by atoms with E-state index in [-0.39, 0.29) is 0 Å². The number of alkyl halides is 5. The summed E-state index contributed by atoms with van der Waals surface area (Å²) in [5, 5.41) is 10.2. The first-order valence-corrected chi connectivity index (χ1v) is 5.06. The fourth-order valence-electron chi connectivity index (χ4n) is 1.04. The lowest BCUT2D eigenvalue weighted by molar-refractivity contribution is -0.173. The molecule has 0 aliphatic heterocycles. The van der Waals surface area contributed by atoms with Gasteiger partial charge in [0.05, 0.1) is 0 Å². The van der Waals surface area contributed by atoms with Crippen LogP contribution in [-0.2, 0) is 4.79 Å². The highest BCUT2D eigenvalue weighted by molar-refractivity contribution is 5.84. The Kier molecular flexibility index (Phi) is 5.48. The van der Waals surface area contributed by atoms with E-state index < -0.39 is 42.6 Å². The monoisotopic (exact) mass is 278 g/mol. The molecule has 1 amide bonds. The molecule has 0 fully saturated rings. The molecule has 0 aliphatic rings. The summed E-state index contributed by atoms with van der Waals surface area (Å²) >= 11 is 0. The fraction of sp³-hybridized carbons (Fsp3) is 0.889. The van der Waals surface area contributed by atoms with Gasteiger partial charge in [0.2, 0.25) is 0 Å².